The molecule has 0 aliphatic rings. The number of fused-ring (bicyclic) bond motifs is 2. The van der Waals surface area contributed by atoms with Gasteiger partial charge in [-0.2, -0.15) is 0 Å². The van der Waals surface area contributed by atoms with E-state index in [0.717, 1.165) is 0 Å². The predicted molar refractivity (Wildman–Crippen MR) is 92.2 cm³/mol. The maximum absolute atomic E-state index is 9.27. The Hall–Kier alpha value is -1.61. The smallest absolute Gasteiger partial charge is 0.0585 e. The molecule has 0 saturated carbocycles. The quantitative estimate of drug-likeness (QED) is 0.726. The normalized spacial score (nSPS) is 12.3. The van der Waals surface area contributed by atoms with Crippen molar-refractivity contribution in [2.24, 2.45) is 5.73 Å². The first-order chi connectivity index (χ1) is 9.72. The van der Waals surface area contributed by atoms with Crippen molar-refractivity contribution in [2.45, 2.75) is 19.4 Å². The van der Waals surface area contributed by atoms with E-state index in [9.17, 15) is 5.11 Å². The average Bonchev–Trinajstić information content (AvgIpc) is 2.51. The summed E-state index contributed by atoms with van der Waals surface area (Å²) in [6, 6.07) is 16.7. The Balaban J connectivity index is 0.00000161. The lowest BCUT2D eigenvalue weighted by Gasteiger charge is -2.17. The SMILES string of the molecule is Cc1c2ccccc2c(CC(N)CO)c2ccccc12.Cl. The second-order valence-electron chi connectivity index (χ2n) is 5.34. The molecule has 0 heterocycles. The van der Waals surface area contributed by atoms with Gasteiger partial charge in [0.2, 0.25) is 0 Å². The van der Waals surface area contributed by atoms with Crippen LogP contribution in [0.5, 0.6) is 0 Å². The lowest BCUT2D eigenvalue weighted by molar-refractivity contribution is 0.265. The molecule has 0 radical (unpaired) electrons. The van der Waals surface area contributed by atoms with E-state index in [2.05, 4.69) is 55.5 Å². The van der Waals surface area contributed by atoms with Crippen LogP contribution in [0.15, 0.2) is 48.5 Å². The molecule has 3 N–H and O–H groups in total. The van der Waals surface area contributed by atoms with E-state index in [0.29, 0.717) is 6.42 Å². The summed E-state index contributed by atoms with van der Waals surface area (Å²) in [6.07, 6.45) is 0.692. The van der Waals surface area contributed by atoms with E-state index in [1.54, 1.807) is 0 Å². The molecule has 110 valence electrons. The van der Waals surface area contributed by atoms with Crippen LogP contribution in [0.2, 0.25) is 0 Å². The maximum atomic E-state index is 9.27. The van der Waals surface area contributed by atoms with E-state index >= 15 is 0 Å². The lowest BCUT2D eigenvalue weighted by atomic mass is 9.89. The Bertz CT molecular complexity index is 713. The molecule has 0 aliphatic heterocycles. The first-order valence-corrected chi connectivity index (χ1v) is 6.97. The third-order valence-corrected chi connectivity index (χ3v) is 4.01. The molecule has 0 bridgehead atoms. The van der Waals surface area contributed by atoms with Crippen LogP contribution in [-0.2, 0) is 6.42 Å². The van der Waals surface area contributed by atoms with Gasteiger partial charge in [0.15, 0.2) is 0 Å². The summed E-state index contributed by atoms with van der Waals surface area (Å²) in [5.41, 5.74) is 8.52. The van der Waals surface area contributed by atoms with Crippen LogP contribution in [-0.4, -0.2) is 17.8 Å². The number of hydrogen-bond donors (Lipinski definition) is 2. The van der Waals surface area contributed by atoms with Gasteiger partial charge >= 0.3 is 0 Å². The average molecular weight is 302 g/mol. The summed E-state index contributed by atoms with van der Waals surface area (Å²) >= 11 is 0. The highest BCUT2D eigenvalue weighted by molar-refractivity contribution is 6.05. The first kappa shape index (κ1) is 15.8. The van der Waals surface area contributed by atoms with E-state index in [-0.39, 0.29) is 25.1 Å². The molecular weight excluding hydrogens is 282 g/mol. The molecular formula is C18H20ClNO. The molecule has 0 fully saturated rings. The molecule has 0 aliphatic carbocycles. The number of aliphatic hydroxyl groups excluding tert-OH is 1. The van der Waals surface area contributed by atoms with Crippen molar-refractivity contribution in [3.05, 3.63) is 59.7 Å². The minimum atomic E-state index is -0.218. The summed E-state index contributed by atoms with van der Waals surface area (Å²) < 4.78 is 0. The number of aryl methyl sites for hydroxylation is 1. The lowest BCUT2D eigenvalue weighted by Crippen LogP contribution is -2.27. The highest BCUT2D eigenvalue weighted by atomic mass is 35.5. The molecule has 21 heavy (non-hydrogen) atoms. The van der Waals surface area contributed by atoms with Crippen molar-refractivity contribution in [3.8, 4) is 0 Å². The largest absolute Gasteiger partial charge is 0.395 e. The number of hydrogen-bond acceptors (Lipinski definition) is 2. The molecule has 0 aromatic heterocycles. The van der Waals surface area contributed by atoms with Gasteiger partial charge in [-0.15, -0.1) is 12.4 Å². The zero-order valence-corrected chi connectivity index (χ0v) is 12.9. The Kier molecular flexibility index (Phi) is 4.84. The minimum Gasteiger partial charge on any atom is -0.395 e. The fraction of sp³-hybridized carbons (Fsp3) is 0.222. The fourth-order valence-electron chi connectivity index (χ4n) is 2.98. The van der Waals surface area contributed by atoms with Crippen molar-refractivity contribution in [1.29, 1.82) is 0 Å². The van der Waals surface area contributed by atoms with Crippen molar-refractivity contribution < 1.29 is 5.11 Å². The molecule has 3 rings (SSSR count). The second-order valence-corrected chi connectivity index (χ2v) is 5.34. The number of benzene rings is 3. The zero-order valence-electron chi connectivity index (χ0n) is 12.0. The summed E-state index contributed by atoms with van der Waals surface area (Å²) in [4.78, 5) is 0. The monoisotopic (exact) mass is 301 g/mol. The van der Waals surface area contributed by atoms with Crippen LogP contribution in [0.1, 0.15) is 11.1 Å². The minimum absolute atomic E-state index is 0. The molecule has 3 aromatic carbocycles. The van der Waals surface area contributed by atoms with Crippen molar-refractivity contribution in [2.75, 3.05) is 6.61 Å². The highest BCUT2D eigenvalue weighted by Gasteiger charge is 2.13. The standard InChI is InChI=1S/C18H19NO.ClH/c1-12-14-6-2-4-8-16(14)18(10-13(19)11-20)17-9-5-3-7-15(12)17;/h2-9,13,20H,10-11,19H2,1H3;1H. The summed E-state index contributed by atoms with van der Waals surface area (Å²) in [7, 11) is 0. The van der Waals surface area contributed by atoms with Crippen LogP contribution in [0.3, 0.4) is 0 Å². The highest BCUT2D eigenvalue weighted by Crippen LogP contribution is 2.32. The predicted octanol–water partition coefficient (Wildman–Crippen LogP) is 3.59. The Morgan fingerprint density at radius 2 is 1.33 bits per heavy atom. The number of nitrogens with two attached hydrogens (primary N) is 1. The van der Waals surface area contributed by atoms with Crippen molar-refractivity contribution in [1.82, 2.24) is 0 Å². The van der Waals surface area contributed by atoms with Gasteiger partial charge in [0.1, 0.15) is 0 Å². The number of rotatable bonds is 3. The second kappa shape index (κ2) is 6.44. The van der Waals surface area contributed by atoms with Gasteiger partial charge in [0.05, 0.1) is 6.61 Å². The molecule has 1 unspecified atom stereocenters. The van der Waals surface area contributed by atoms with Crippen molar-refractivity contribution in [3.63, 3.8) is 0 Å². The summed E-state index contributed by atoms with van der Waals surface area (Å²) in [5.74, 6) is 0. The molecule has 2 nitrogen and oxygen atoms in total. The van der Waals surface area contributed by atoms with Crippen LogP contribution in [0.25, 0.3) is 21.5 Å². The van der Waals surface area contributed by atoms with Crippen molar-refractivity contribution >= 4 is 34.0 Å². The molecule has 0 spiro atoms. The van der Waals surface area contributed by atoms with E-state index < -0.39 is 0 Å². The zero-order chi connectivity index (χ0) is 14.1. The first-order valence-electron chi connectivity index (χ1n) is 6.97. The summed E-state index contributed by atoms with van der Waals surface area (Å²) in [5, 5.41) is 14.3. The van der Waals surface area contributed by atoms with Gasteiger partial charge < -0.3 is 10.8 Å². The van der Waals surface area contributed by atoms with Crippen LogP contribution >= 0.6 is 12.4 Å². The van der Waals surface area contributed by atoms with Gasteiger partial charge in [0, 0.05) is 6.04 Å². The van der Waals surface area contributed by atoms with Gasteiger partial charge in [-0.1, -0.05) is 48.5 Å². The van der Waals surface area contributed by atoms with Crippen LogP contribution in [0.4, 0.5) is 0 Å². The number of aliphatic hydroxyl groups is 1. The topological polar surface area (TPSA) is 46.2 Å². The molecule has 1 atom stereocenters. The molecule has 0 amide bonds. The third kappa shape index (κ3) is 2.75. The van der Waals surface area contributed by atoms with Gasteiger partial charge in [-0.05, 0) is 46.0 Å². The van der Waals surface area contributed by atoms with Crippen LogP contribution in [0, 0.1) is 6.92 Å². The van der Waals surface area contributed by atoms with Crippen LogP contribution < -0.4 is 5.73 Å². The van der Waals surface area contributed by atoms with Gasteiger partial charge in [0.25, 0.3) is 0 Å². The van der Waals surface area contributed by atoms with E-state index in [1.807, 2.05) is 0 Å². The van der Waals surface area contributed by atoms with E-state index in [4.69, 9.17) is 5.73 Å². The fourth-order valence-corrected chi connectivity index (χ4v) is 2.98. The van der Waals surface area contributed by atoms with Gasteiger partial charge in [-0.25, -0.2) is 0 Å². The Morgan fingerprint density at radius 1 is 0.905 bits per heavy atom. The van der Waals surface area contributed by atoms with E-state index in [1.165, 1.54) is 32.7 Å². The Morgan fingerprint density at radius 3 is 1.76 bits per heavy atom. The maximum Gasteiger partial charge on any atom is 0.0585 e. The molecule has 3 heteroatoms. The van der Waals surface area contributed by atoms with Gasteiger partial charge in [-0.3, -0.25) is 0 Å². The molecule has 0 saturated heterocycles. The summed E-state index contributed by atoms with van der Waals surface area (Å²) in [6.45, 7) is 2.18. The Labute approximate surface area is 131 Å². The third-order valence-electron chi connectivity index (χ3n) is 4.01. The molecule has 3 aromatic rings. The number of halogens is 1.